The Kier molecular flexibility index (Phi) is 8.35. The molecule has 2 aliphatic carbocycles. The van der Waals surface area contributed by atoms with Crippen molar-refractivity contribution in [3.8, 4) is 0 Å². The van der Waals surface area contributed by atoms with E-state index in [1.807, 2.05) is 0 Å². The van der Waals surface area contributed by atoms with Crippen molar-refractivity contribution in [2.75, 3.05) is 26.4 Å². The van der Waals surface area contributed by atoms with E-state index in [2.05, 4.69) is 33.9 Å². The number of allylic oxidation sites excluding steroid dienone is 1. The van der Waals surface area contributed by atoms with Gasteiger partial charge in [-0.25, -0.2) is 0 Å². The Morgan fingerprint density at radius 1 is 1.13 bits per heavy atom. The van der Waals surface area contributed by atoms with Crippen LogP contribution in [0.5, 0.6) is 0 Å². The van der Waals surface area contributed by atoms with Gasteiger partial charge in [0.1, 0.15) is 6.29 Å². The molecular formula is C24H42O5Si. The van der Waals surface area contributed by atoms with Crippen LogP contribution in [0.1, 0.15) is 65.7 Å². The molecule has 172 valence electrons. The van der Waals surface area contributed by atoms with Crippen LogP contribution >= 0.6 is 0 Å². The van der Waals surface area contributed by atoms with Crippen LogP contribution < -0.4 is 0 Å². The zero-order valence-corrected chi connectivity index (χ0v) is 20.7. The van der Waals surface area contributed by atoms with Gasteiger partial charge < -0.3 is 18.6 Å². The lowest BCUT2D eigenvalue weighted by Crippen LogP contribution is -2.41. The monoisotopic (exact) mass is 438 g/mol. The highest BCUT2D eigenvalue weighted by Gasteiger charge is 2.43. The number of rotatable bonds is 10. The Labute approximate surface area is 184 Å². The van der Waals surface area contributed by atoms with Crippen molar-refractivity contribution >= 4 is 14.6 Å². The van der Waals surface area contributed by atoms with E-state index in [1.54, 1.807) is 0 Å². The van der Waals surface area contributed by atoms with Gasteiger partial charge in [-0.15, -0.1) is 0 Å². The number of hydrogen-bond acceptors (Lipinski definition) is 5. The number of carbonyl (C=O) groups excluding carboxylic acids is 1. The molecule has 5 nitrogen and oxygen atoms in total. The van der Waals surface area contributed by atoms with Crippen LogP contribution in [0.25, 0.3) is 0 Å². The largest absolute Gasteiger partial charge is 0.414 e. The molecule has 0 N–H and O–H groups in total. The van der Waals surface area contributed by atoms with E-state index in [0.29, 0.717) is 31.7 Å². The normalized spacial score (nSPS) is 30.0. The van der Waals surface area contributed by atoms with E-state index in [9.17, 15) is 4.79 Å². The van der Waals surface area contributed by atoms with E-state index in [-0.39, 0.29) is 17.4 Å². The minimum absolute atomic E-state index is 0.0346. The number of carbonyl (C=O) groups is 1. The van der Waals surface area contributed by atoms with Crippen molar-refractivity contribution in [3.05, 3.63) is 11.1 Å². The number of fused-ring (bicyclic) bond motifs is 1. The SMILES string of the molecule is CC(C)(C)[Si](C)(C)OCCOCCC1=C(C=O)C2C[C@H](OC3CCCCO3)CC2C1. The fourth-order valence-corrected chi connectivity index (χ4v) is 5.83. The predicted molar refractivity (Wildman–Crippen MR) is 121 cm³/mol. The van der Waals surface area contributed by atoms with Gasteiger partial charge in [0.05, 0.1) is 25.9 Å². The summed E-state index contributed by atoms with van der Waals surface area (Å²) in [5, 5.41) is 0.225. The fourth-order valence-electron chi connectivity index (χ4n) is 4.81. The van der Waals surface area contributed by atoms with Gasteiger partial charge in [0.15, 0.2) is 14.6 Å². The summed E-state index contributed by atoms with van der Waals surface area (Å²) in [6, 6.07) is 0. The maximum absolute atomic E-state index is 11.8. The molecule has 1 heterocycles. The van der Waals surface area contributed by atoms with Crippen molar-refractivity contribution in [2.45, 2.75) is 96.2 Å². The summed E-state index contributed by atoms with van der Waals surface area (Å²) in [6.07, 6.45) is 8.53. The van der Waals surface area contributed by atoms with Gasteiger partial charge in [0.25, 0.3) is 0 Å². The lowest BCUT2D eigenvalue weighted by Gasteiger charge is -2.36. The van der Waals surface area contributed by atoms with Crippen LogP contribution in [0, 0.1) is 11.8 Å². The van der Waals surface area contributed by atoms with Crippen molar-refractivity contribution in [3.63, 3.8) is 0 Å². The molecule has 0 spiro atoms. The van der Waals surface area contributed by atoms with Gasteiger partial charge in [-0.05, 0) is 80.5 Å². The highest BCUT2D eigenvalue weighted by molar-refractivity contribution is 6.74. The molecule has 0 amide bonds. The zero-order valence-electron chi connectivity index (χ0n) is 19.7. The third-order valence-electron chi connectivity index (χ3n) is 7.62. The van der Waals surface area contributed by atoms with Crippen molar-refractivity contribution in [1.29, 1.82) is 0 Å². The molecular weight excluding hydrogens is 396 g/mol. The lowest BCUT2D eigenvalue weighted by molar-refractivity contribution is -0.187. The standard InChI is InChI=1S/C24H42O5Si/c1-24(2,3)30(4,5)28-13-12-26-11-9-18-14-19-15-20(16-21(19)22(18)17-25)29-23-8-6-7-10-27-23/h17,19-21,23H,6-16H2,1-5H3/t19?,20-,21?,23?/m1/s1. The summed E-state index contributed by atoms with van der Waals surface area (Å²) in [4.78, 5) is 11.8. The number of ether oxygens (including phenoxy) is 3. The molecule has 1 aliphatic heterocycles. The summed E-state index contributed by atoms with van der Waals surface area (Å²) in [5.41, 5.74) is 2.33. The van der Waals surface area contributed by atoms with E-state index >= 15 is 0 Å². The van der Waals surface area contributed by atoms with Crippen molar-refractivity contribution in [1.82, 2.24) is 0 Å². The van der Waals surface area contributed by atoms with Crippen LogP contribution in [0.2, 0.25) is 18.1 Å². The maximum Gasteiger partial charge on any atom is 0.192 e. The molecule has 4 atom stereocenters. The van der Waals surface area contributed by atoms with E-state index < -0.39 is 8.32 Å². The second-order valence-corrected chi connectivity index (χ2v) is 15.6. The Balaban J connectivity index is 1.38. The molecule has 0 bridgehead atoms. The molecule has 0 radical (unpaired) electrons. The first-order valence-electron chi connectivity index (χ1n) is 11.9. The van der Waals surface area contributed by atoms with E-state index in [0.717, 1.165) is 57.0 Å². The number of aldehydes is 1. The van der Waals surface area contributed by atoms with Crippen molar-refractivity contribution < 1.29 is 23.4 Å². The molecule has 1 saturated carbocycles. The summed E-state index contributed by atoms with van der Waals surface area (Å²) in [6.45, 7) is 14.1. The van der Waals surface area contributed by atoms with Gasteiger partial charge in [-0.1, -0.05) is 26.3 Å². The Hall–Kier alpha value is -0.533. The van der Waals surface area contributed by atoms with Gasteiger partial charge in [-0.3, -0.25) is 4.79 Å². The highest BCUT2D eigenvalue weighted by atomic mass is 28.4. The lowest BCUT2D eigenvalue weighted by atomic mass is 9.96. The first-order chi connectivity index (χ1) is 14.2. The van der Waals surface area contributed by atoms with E-state index in [1.165, 1.54) is 12.0 Å². The molecule has 3 unspecified atom stereocenters. The third-order valence-corrected chi connectivity index (χ3v) is 12.2. The molecule has 2 fully saturated rings. The van der Waals surface area contributed by atoms with Crippen LogP contribution in [-0.4, -0.2) is 53.4 Å². The smallest absolute Gasteiger partial charge is 0.192 e. The second-order valence-electron chi connectivity index (χ2n) is 10.7. The summed E-state index contributed by atoms with van der Waals surface area (Å²) < 4.78 is 23.9. The third kappa shape index (κ3) is 6.03. The quantitative estimate of drug-likeness (QED) is 0.265. The zero-order chi connectivity index (χ0) is 21.8. The molecule has 1 saturated heterocycles. The average Bonchev–Trinajstić information content (AvgIpc) is 3.20. The second kappa shape index (κ2) is 10.4. The first-order valence-corrected chi connectivity index (χ1v) is 14.8. The van der Waals surface area contributed by atoms with Crippen LogP contribution in [0.3, 0.4) is 0 Å². The summed E-state index contributed by atoms with van der Waals surface area (Å²) in [7, 11) is -1.70. The minimum Gasteiger partial charge on any atom is -0.414 e. The minimum atomic E-state index is -1.70. The highest BCUT2D eigenvalue weighted by Crippen LogP contribution is 2.49. The molecule has 6 heteroatoms. The van der Waals surface area contributed by atoms with Crippen molar-refractivity contribution in [2.24, 2.45) is 11.8 Å². The average molecular weight is 439 g/mol. The molecule has 0 aromatic rings. The number of hydrogen-bond donors (Lipinski definition) is 0. The van der Waals surface area contributed by atoms with Gasteiger partial charge >= 0.3 is 0 Å². The van der Waals surface area contributed by atoms with Gasteiger partial charge in [0.2, 0.25) is 0 Å². The molecule has 3 rings (SSSR count). The fraction of sp³-hybridized carbons (Fsp3) is 0.875. The molecule has 0 aromatic heterocycles. The maximum atomic E-state index is 11.8. The predicted octanol–water partition coefficient (Wildman–Crippen LogP) is 5.25. The topological polar surface area (TPSA) is 54.0 Å². The molecule has 0 aromatic carbocycles. The summed E-state index contributed by atoms with van der Waals surface area (Å²) in [5.74, 6) is 0.920. The Bertz CT molecular complexity index is 603. The summed E-state index contributed by atoms with van der Waals surface area (Å²) >= 11 is 0. The molecule has 30 heavy (non-hydrogen) atoms. The first kappa shape index (κ1) is 24.1. The van der Waals surface area contributed by atoms with Crippen LogP contribution in [0.15, 0.2) is 11.1 Å². The molecule has 3 aliphatic rings. The van der Waals surface area contributed by atoms with Gasteiger partial charge in [-0.2, -0.15) is 0 Å². The van der Waals surface area contributed by atoms with Crippen LogP contribution in [0.4, 0.5) is 0 Å². The van der Waals surface area contributed by atoms with Crippen LogP contribution in [-0.2, 0) is 23.4 Å². The van der Waals surface area contributed by atoms with E-state index in [4.69, 9.17) is 18.6 Å². The van der Waals surface area contributed by atoms with Gasteiger partial charge in [0, 0.05) is 6.61 Å². The Morgan fingerprint density at radius 2 is 1.93 bits per heavy atom. The Morgan fingerprint density at radius 3 is 2.60 bits per heavy atom.